The van der Waals surface area contributed by atoms with Gasteiger partial charge in [0.1, 0.15) is 0 Å². The number of rotatable bonds is 3. The number of hydrogen-bond acceptors (Lipinski definition) is 4. The molecule has 0 fully saturated rings. The molecule has 4 nitrogen and oxygen atoms in total. The zero-order valence-electron chi connectivity index (χ0n) is 8.11. The zero-order valence-corrected chi connectivity index (χ0v) is 8.86. The summed E-state index contributed by atoms with van der Waals surface area (Å²) in [5.41, 5.74) is 0.309. The van der Waals surface area contributed by atoms with Crippen LogP contribution in [0.3, 0.4) is 0 Å². The number of hydrogen-bond donors (Lipinski definition) is 0. The van der Waals surface area contributed by atoms with E-state index >= 15 is 0 Å². The minimum absolute atomic E-state index is 0.234. The lowest BCUT2D eigenvalue weighted by atomic mass is 10.1. The highest BCUT2D eigenvalue weighted by Crippen LogP contribution is 2.17. The van der Waals surface area contributed by atoms with Crippen molar-refractivity contribution >= 4 is 17.6 Å². The lowest BCUT2D eigenvalue weighted by Gasteiger charge is -2.07. The molecule has 1 rings (SSSR count). The quantitative estimate of drug-likeness (QED) is 0.736. The first kappa shape index (κ1) is 11.5. The molecule has 0 amide bonds. The van der Waals surface area contributed by atoms with E-state index in [2.05, 4.69) is 4.98 Å². The van der Waals surface area contributed by atoms with Gasteiger partial charge in [-0.1, -0.05) is 11.6 Å². The molecule has 5 heteroatoms. The van der Waals surface area contributed by atoms with E-state index < -0.39 is 11.9 Å². The van der Waals surface area contributed by atoms with Crippen LogP contribution in [0.1, 0.15) is 18.5 Å². The highest BCUT2D eigenvalue weighted by Gasteiger charge is 2.22. The molecule has 15 heavy (non-hydrogen) atoms. The summed E-state index contributed by atoms with van der Waals surface area (Å²) in [5, 5.41) is 9.27. The Balaban J connectivity index is 2.93. The SMILES string of the molecule is CCOC(=O)C(C#N)c1cc(Cl)ccn1. The Kier molecular flexibility index (Phi) is 4.07. The maximum atomic E-state index is 11.4. The first-order chi connectivity index (χ1) is 7.19. The lowest BCUT2D eigenvalue weighted by molar-refractivity contribution is -0.143. The molecule has 1 unspecified atom stereocenters. The van der Waals surface area contributed by atoms with Crippen LogP contribution in [-0.4, -0.2) is 17.6 Å². The molecule has 0 saturated heterocycles. The molecule has 0 spiro atoms. The summed E-state index contributed by atoms with van der Waals surface area (Å²) in [4.78, 5) is 15.3. The minimum atomic E-state index is -1.01. The molecule has 1 atom stereocenters. The third-order valence-corrected chi connectivity index (χ3v) is 1.93. The van der Waals surface area contributed by atoms with E-state index in [1.807, 2.05) is 6.07 Å². The molecule has 0 aliphatic heterocycles. The summed E-state index contributed by atoms with van der Waals surface area (Å²) in [6.45, 7) is 1.91. The fraction of sp³-hybridized carbons (Fsp3) is 0.300. The van der Waals surface area contributed by atoms with E-state index in [0.29, 0.717) is 10.7 Å². The zero-order chi connectivity index (χ0) is 11.3. The molecule has 78 valence electrons. The third kappa shape index (κ3) is 2.93. The van der Waals surface area contributed by atoms with Crippen LogP contribution < -0.4 is 0 Å². The second-order valence-corrected chi connectivity index (χ2v) is 3.15. The van der Waals surface area contributed by atoms with Crippen molar-refractivity contribution in [3.63, 3.8) is 0 Å². The monoisotopic (exact) mass is 224 g/mol. The fourth-order valence-electron chi connectivity index (χ4n) is 1.04. The molecule has 0 saturated carbocycles. The standard InChI is InChI=1S/C10H9ClN2O2/c1-2-15-10(14)8(6-12)9-5-7(11)3-4-13-9/h3-5,8H,2H2,1H3. The second-order valence-electron chi connectivity index (χ2n) is 2.71. The maximum absolute atomic E-state index is 11.4. The van der Waals surface area contributed by atoms with Gasteiger partial charge in [-0.2, -0.15) is 5.26 Å². The normalized spacial score (nSPS) is 11.5. The van der Waals surface area contributed by atoms with Crippen molar-refractivity contribution < 1.29 is 9.53 Å². The Hall–Kier alpha value is -1.60. The molecule has 0 aliphatic carbocycles. The maximum Gasteiger partial charge on any atom is 0.329 e. The second kappa shape index (κ2) is 5.32. The highest BCUT2D eigenvalue weighted by atomic mass is 35.5. The molecule has 0 N–H and O–H groups in total. The number of aromatic nitrogens is 1. The van der Waals surface area contributed by atoms with Gasteiger partial charge in [0.25, 0.3) is 0 Å². The van der Waals surface area contributed by atoms with Crippen LogP contribution >= 0.6 is 11.6 Å². The summed E-state index contributed by atoms with van der Waals surface area (Å²) in [7, 11) is 0. The molecule has 0 aliphatic rings. The lowest BCUT2D eigenvalue weighted by Crippen LogP contribution is -2.15. The Bertz CT molecular complexity index is 401. The smallest absolute Gasteiger partial charge is 0.329 e. The summed E-state index contributed by atoms with van der Waals surface area (Å²) in [6, 6.07) is 4.89. The van der Waals surface area contributed by atoms with Crippen LogP contribution in [0.25, 0.3) is 0 Å². The molecule has 1 aromatic rings. The summed E-state index contributed by atoms with van der Waals surface area (Å²) >= 11 is 5.73. The van der Waals surface area contributed by atoms with Crippen LogP contribution in [-0.2, 0) is 9.53 Å². The van der Waals surface area contributed by atoms with Crippen molar-refractivity contribution in [1.82, 2.24) is 4.98 Å². The van der Waals surface area contributed by atoms with Gasteiger partial charge in [-0.15, -0.1) is 0 Å². The van der Waals surface area contributed by atoms with Gasteiger partial charge in [-0.05, 0) is 19.1 Å². The number of carbonyl (C=O) groups is 1. The highest BCUT2D eigenvalue weighted by molar-refractivity contribution is 6.30. The molecule has 0 aromatic carbocycles. The van der Waals surface area contributed by atoms with E-state index in [1.54, 1.807) is 13.0 Å². The molecular weight excluding hydrogens is 216 g/mol. The third-order valence-electron chi connectivity index (χ3n) is 1.69. The van der Waals surface area contributed by atoms with Crippen LogP contribution in [0, 0.1) is 11.3 Å². The topological polar surface area (TPSA) is 63.0 Å². The van der Waals surface area contributed by atoms with Gasteiger partial charge in [0.2, 0.25) is 0 Å². The van der Waals surface area contributed by atoms with Crippen molar-refractivity contribution in [2.75, 3.05) is 6.61 Å². The van der Waals surface area contributed by atoms with Crippen LogP contribution in [0.5, 0.6) is 0 Å². The largest absolute Gasteiger partial charge is 0.465 e. The van der Waals surface area contributed by atoms with E-state index in [9.17, 15) is 4.79 Å². The van der Waals surface area contributed by atoms with Gasteiger partial charge >= 0.3 is 5.97 Å². The van der Waals surface area contributed by atoms with E-state index in [-0.39, 0.29) is 6.61 Å². The van der Waals surface area contributed by atoms with Crippen LogP contribution in [0.2, 0.25) is 5.02 Å². The molecule has 0 bridgehead atoms. The van der Waals surface area contributed by atoms with Gasteiger partial charge < -0.3 is 4.74 Å². The van der Waals surface area contributed by atoms with Crippen molar-refractivity contribution in [2.45, 2.75) is 12.8 Å². The number of nitriles is 1. The number of esters is 1. The first-order valence-corrected chi connectivity index (χ1v) is 4.74. The number of ether oxygens (including phenoxy) is 1. The van der Waals surface area contributed by atoms with Crippen LogP contribution in [0.15, 0.2) is 18.3 Å². The van der Waals surface area contributed by atoms with Crippen LogP contribution in [0.4, 0.5) is 0 Å². The van der Waals surface area contributed by atoms with Crippen molar-refractivity contribution in [3.8, 4) is 6.07 Å². The predicted octanol–water partition coefficient (Wildman–Crippen LogP) is 1.91. The van der Waals surface area contributed by atoms with Gasteiger partial charge in [0.05, 0.1) is 18.4 Å². The molecule has 1 aromatic heterocycles. The Morgan fingerprint density at radius 3 is 3.07 bits per heavy atom. The first-order valence-electron chi connectivity index (χ1n) is 4.36. The van der Waals surface area contributed by atoms with E-state index in [0.717, 1.165) is 0 Å². The number of halogens is 1. The van der Waals surface area contributed by atoms with Crippen molar-refractivity contribution in [2.24, 2.45) is 0 Å². The Morgan fingerprint density at radius 1 is 1.80 bits per heavy atom. The van der Waals surface area contributed by atoms with Crippen molar-refractivity contribution in [3.05, 3.63) is 29.0 Å². The predicted molar refractivity (Wildman–Crippen MR) is 54.2 cm³/mol. The summed E-state index contributed by atoms with van der Waals surface area (Å²) < 4.78 is 4.74. The van der Waals surface area contributed by atoms with Gasteiger partial charge in [0.15, 0.2) is 5.92 Å². The number of nitrogens with zero attached hydrogens (tertiary/aromatic N) is 2. The van der Waals surface area contributed by atoms with E-state index in [1.165, 1.54) is 12.3 Å². The average molecular weight is 225 g/mol. The minimum Gasteiger partial charge on any atom is -0.465 e. The fourth-order valence-corrected chi connectivity index (χ4v) is 1.21. The van der Waals surface area contributed by atoms with Gasteiger partial charge in [-0.3, -0.25) is 9.78 Å². The summed E-state index contributed by atoms with van der Waals surface area (Å²) in [5.74, 6) is -1.61. The van der Waals surface area contributed by atoms with Gasteiger partial charge in [-0.25, -0.2) is 0 Å². The number of carbonyl (C=O) groups excluding carboxylic acids is 1. The molecule has 1 heterocycles. The van der Waals surface area contributed by atoms with Crippen molar-refractivity contribution in [1.29, 1.82) is 5.26 Å². The molecule has 0 radical (unpaired) electrons. The Morgan fingerprint density at radius 2 is 2.53 bits per heavy atom. The van der Waals surface area contributed by atoms with Gasteiger partial charge in [0, 0.05) is 11.2 Å². The van der Waals surface area contributed by atoms with E-state index in [4.69, 9.17) is 21.6 Å². The number of pyridine rings is 1. The average Bonchev–Trinajstić information content (AvgIpc) is 2.19. The Labute approximate surface area is 92.4 Å². The summed E-state index contributed by atoms with van der Waals surface area (Å²) in [6.07, 6.45) is 1.45. The molecular formula is C10H9ClN2O2.